The van der Waals surface area contributed by atoms with Crippen LogP contribution in [-0.4, -0.2) is 18.5 Å². The second-order valence-corrected chi connectivity index (χ2v) is 6.45. The first-order chi connectivity index (χ1) is 7.49. The third-order valence-corrected chi connectivity index (χ3v) is 4.08. The van der Waals surface area contributed by atoms with Crippen LogP contribution < -0.4 is 10.6 Å². The van der Waals surface area contributed by atoms with Crippen LogP contribution in [0.3, 0.4) is 0 Å². The summed E-state index contributed by atoms with van der Waals surface area (Å²) in [6.07, 6.45) is 0. The van der Waals surface area contributed by atoms with E-state index in [-0.39, 0.29) is 11.9 Å². The summed E-state index contributed by atoms with van der Waals surface area (Å²) in [7, 11) is 0. The van der Waals surface area contributed by atoms with Gasteiger partial charge in [0, 0.05) is 17.5 Å². The van der Waals surface area contributed by atoms with Crippen molar-refractivity contribution in [2.75, 3.05) is 6.54 Å². The second-order valence-electron chi connectivity index (χ2n) is 4.00. The van der Waals surface area contributed by atoms with Gasteiger partial charge in [-0.15, -0.1) is 11.3 Å². The van der Waals surface area contributed by atoms with Gasteiger partial charge in [-0.1, -0.05) is 0 Å². The van der Waals surface area contributed by atoms with Crippen LogP contribution in [0.2, 0.25) is 0 Å². The van der Waals surface area contributed by atoms with Crippen LogP contribution in [0.1, 0.15) is 24.3 Å². The van der Waals surface area contributed by atoms with Gasteiger partial charge in [0.1, 0.15) is 0 Å². The number of amides is 1. The fourth-order valence-electron chi connectivity index (χ4n) is 1.28. The summed E-state index contributed by atoms with van der Waals surface area (Å²) in [5, 5.41) is 5.96. The number of nitrogens with one attached hydrogen (secondary N) is 2. The summed E-state index contributed by atoms with van der Waals surface area (Å²) in [4.78, 5) is 12.6. The van der Waals surface area contributed by atoms with Gasteiger partial charge in [-0.05, 0) is 48.3 Å². The van der Waals surface area contributed by atoms with E-state index < -0.39 is 0 Å². The first-order valence-corrected chi connectivity index (χ1v) is 6.85. The zero-order valence-corrected chi connectivity index (χ0v) is 12.2. The summed E-state index contributed by atoms with van der Waals surface area (Å²) >= 11 is 5.18. The molecule has 0 aromatic carbocycles. The minimum Gasteiger partial charge on any atom is -0.353 e. The Kier molecular flexibility index (Phi) is 5.44. The molecule has 0 saturated carbocycles. The summed E-state index contributed by atoms with van der Waals surface area (Å²) < 4.78 is 1.16. The van der Waals surface area contributed by atoms with E-state index >= 15 is 0 Å². The molecule has 1 rings (SSSR count). The van der Waals surface area contributed by atoms with Gasteiger partial charge in [-0.2, -0.15) is 0 Å². The Balaban J connectivity index is 2.28. The lowest BCUT2D eigenvalue weighted by Gasteiger charge is -2.08. The van der Waals surface area contributed by atoms with Gasteiger partial charge in [-0.25, -0.2) is 0 Å². The zero-order valence-electron chi connectivity index (χ0n) is 9.76. The Bertz CT molecular complexity index is 343. The summed E-state index contributed by atoms with van der Waals surface area (Å²) in [5.41, 5.74) is 1.24. The molecule has 16 heavy (non-hydrogen) atoms. The zero-order chi connectivity index (χ0) is 12.1. The molecule has 0 saturated heterocycles. The van der Waals surface area contributed by atoms with E-state index in [0.29, 0.717) is 6.54 Å². The molecular formula is C11H17BrN2OS. The maximum Gasteiger partial charge on any atom is 0.234 e. The van der Waals surface area contributed by atoms with Gasteiger partial charge < -0.3 is 10.6 Å². The molecule has 0 unspecified atom stereocenters. The van der Waals surface area contributed by atoms with Crippen molar-refractivity contribution in [2.24, 2.45) is 0 Å². The predicted molar refractivity (Wildman–Crippen MR) is 71.7 cm³/mol. The SMILES string of the molecule is Cc1cc(CNCC(=O)NC(C)C)sc1Br. The maximum atomic E-state index is 11.3. The third-order valence-electron chi connectivity index (χ3n) is 1.94. The minimum absolute atomic E-state index is 0.0438. The van der Waals surface area contributed by atoms with Crippen LogP contribution in [0.4, 0.5) is 0 Å². The number of thiophene rings is 1. The van der Waals surface area contributed by atoms with Crippen molar-refractivity contribution in [3.8, 4) is 0 Å². The molecule has 1 heterocycles. The molecule has 0 radical (unpaired) electrons. The largest absolute Gasteiger partial charge is 0.353 e. The quantitative estimate of drug-likeness (QED) is 0.877. The summed E-state index contributed by atoms with van der Waals surface area (Å²) in [5.74, 6) is 0.0438. The molecule has 0 aliphatic rings. The summed E-state index contributed by atoms with van der Waals surface area (Å²) in [6.45, 7) is 7.08. The van der Waals surface area contributed by atoms with Gasteiger partial charge in [0.25, 0.3) is 0 Å². The molecule has 0 bridgehead atoms. The Labute approximate surface area is 109 Å². The first kappa shape index (κ1) is 13.7. The third kappa shape index (κ3) is 4.63. The van der Waals surface area contributed by atoms with Gasteiger partial charge in [0.15, 0.2) is 0 Å². The lowest BCUT2D eigenvalue weighted by Crippen LogP contribution is -2.37. The topological polar surface area (TPSA) is 41.1 Å². The molecule has 1 aromatic heterocycles. The number of hydrogen-bond acceptors (Lipinski definition) is 3. The number of aryl methyl sites for hydroxylation is 1. The van der Waals surface area contributed by atoms with E-state index in [1.807, 2.05) is 13.8 Å². The highest BCUT2D eigenvalue weighted by Gasteiger charge is 2.05. The Morgan fingerprint density at radius 2 is 2.25 bits per heavy atom. The van der Waals surface area contributed by atoms with E-state index in [0.717, 1.165) is 10.3 Å². The lowest BCUT2D eigenvalue weighted by molar-refractivity contribution is -0.120. The molecule has 0 aliphatic heterocycles. The standard InChI is InChI=1S/C11H17BrN2OS/c1-7(2)14-10(15)6-13-5-9-4-8(3)11(12)16-9/h4,7,13H,5-6H2,1-3H3,(H,14,15). The van der Waals surface area contributed by atoms with Crippen LogP contribution in [0, 0.1) is 6.92 Å². The fraction of sp³-hybridized carbons (Fsp3) is 0.545. The molecule has 0 fully saturated rings. The molecule has 1 amide bonds. The van der Waals surface area contributed by atoms with Gasteiger partial charge >= 0.3 is 0 Å². The molecule has 1 aromatic rings. The van der Waals surface area contributed by atoms with Crippen molar-refractivity contribution in [3.05, 3.63) is 20.3 Å². The molecule has 90 valence electrons. The van der Waals surface area contributed by atoms with Crippen molar-refractivity contribution in [3.63, 3.8) is 0 Å². The van der Waals surface area contributed by atoms with Crippen molar-refractivity contribution in [2.45, 2.75) is 33.4 Å². The number of hydrogen-bond donors (Lipinski definition) is 2. The highest BCUT2D eigenvalue weighted by Crippen LogP contribution is 2.26. The van der Waals surface area contributed by atoms with Gasteiger partial charge in [-0.3, -0.25) is 4.79 Å². The molecule has 0 aliphatic carbocycles. The highest BCUT2D eigenvalue weighted by molar-refractivity contribution is 9.11. The average Bonchev–Trinajstić information content (AvgIpc) is 2.44. The van der Waals surface area contributed by atoms with Crippen LogP contribution in [-0.2, 0) is 11.3 Å². The van der Waals surface area contributed by atoms with Crippen LogP contribution in [0.25, 0.3) is 0 Å². The average molecular weight is 305 g/mol. The van der Waals surface area contributed by atoms with Crippen molar-refractivity contribution < 1.29 is 4.79 Å². The van der Waals surface area contributed by atoms with Gasteiger partial charge in [0.2, 0.25) is 5.91 Å². The molecule has 3 nitrogen and oxygen atoms in total. The number of halogens is 1. The normalized spacial score (nSPS) is 10.8. The molecular weight excluding hydrogens is 288 g/mol. The molecule has 5 heteroatoms. The first-order valence-electron chi connectivity index (χ1n) is 5.24. The van der Waals surface area contributed by atoms with Crippen molar-refractivity contribution in [1.29, 1.82) is 0 Å². The van der Waals surface area contributed by atoms with E-state index in [2.05, 4.69) is 39.6 Å². The van der Waals surface area contributed by atoms with Crippen LogP contribution in [0.15, 0.2) is 9.85 Å². The smallest absolute Gasteiger partial charge is 0.234 e. The highest BCUT2D eigenvalue weighted by atomic mass is 79.9. The van der Waals surface area contributed by atoms with E-state index in [1.54, 1.807) is 11.3 Å². The van der Waals surface area contributed by atoms with Crippen molar-refractivity contribution in [1.82, 2.24) is 10.6 Å². The lowest BCUT2D eigenvalue weighted by atomic mass is 10.3. The Morgan fingerprint density at radius 3 is 2.75 bits per heavy atom. The van der Waals surface area contributed by atoms with Crippen LogP contribution >= 0.6 is 27.3 Å². The Morgan fingerprint density at radius 1 is 1.56 bits per heavy atom. The Hall–Kier alpha value is -0.390. The molecule has 2 N–H and O–H groups in total. The van der Waals surface area contributed by atoms with Crippen molar-refractivity contribution >= 4 is 33.2 Å². The number of rotatable bonds is 5. The van der Waals surface area contributed by atoms with Gasteiger partial charge in [0.05, 0.1) is 10.3 Å². The van der Waals surface area contributed by atoms with Crippen LogP contribution in [0.5, 0.6) is 0 Å². The van der Waals surface area contributed by atoms with E-state index in [9.17, 15) is 4.79 Å². The van der Waals surface area contributed by atoms with E-state index in [4.69, 9.17) is 0 Å². The summed E-state index contributed by atoms with van der Waals surface area (Å²) in [6, 6.07) is 2.33. The number of carbonyl (C=O) groups excluding carboxylic acids is 1. The number of carbonyl (C=O) groups is 1. The minimum atomic E-state index is 0.0438. The molecule has 0 atom stereocenters. The monoisotopic (exact) mass is 304 g/mol. The second kappa shape index (κ2) is 6.37. The fourth-order valence-corrected chi connectivity index (χ4v) is 2.88. The predicted octanol–water partition coefficient (Wildman–Crippen LogP) is 2.43. The maximum absolute atomic E-state index is 11.3. The van der Waals surface area contributed by atoms with E-state index in [1.165, 1.54) is 10.4 Å². The molecule has 0 spiro atoms.